The van der Waals surface area contributed by atoms with Crippen LogP contribution in [-0.2, 0) is 5.60 Å². The molecule has 2 aromatic rings. The molecule has 0 radical (unpaired) electrons. The molecule has 0 saturated heterocycles. The Labute approximate surface area is 116 Å². The predicted molar refractivity (Wildman–Crippen MR) is 73.7 cm³/mol. The van der Waals surface area contributed by atoms with E-state index in [1.54, 1.807) is 18.2 Å². The quantitative estimate of drug-likeness (QED) is 0.931. The van der Waals surface area contributed by atoms with Crippen LogP contribution in [0.5, 0.6) is 5.88 Å². The van der Waals surface area contributed by atoms with E-state index >= 15 is 0 Å². The summed E-state index contributed by atoms with van der Waals surface area (Å²) >= 11 is 6.05. The van der Waals surface area contributed by atoms with E-state index < -0.39 is 5.60 Å². The zero-order valence-electron chi connectivity index (χ0n) is 10.7. The summed E-state index contributed by atoms with van der Waals surface area (Å²) in [6, 6.07) is 7.59. The van der Waals surface area contributed by atoms with Gasteiger partial charge in [-0.1, -0.05) is 17.7 Å². The number of rotatable bonds is 3. The second-order valence-electron chi connectivity index (χ2n) is 4.67. The number of benzene rings is 1. The molecular weight excluding hydrogens is 267 g/mol. The first-order valence-electron chi connectivity index (χ1n) is 5.74. The van der Waals surface area contributed by atoms with Crippen LogP contribution in [0.4, 0.5) is 10.1 Å². The number of ether oxygens (including phenoxy) is 1. The molecule has 2 N–H and O–H groups in total. The van der Waals surface area contributed by atoms with Gasteiger partial charge in [-0.05, 0) is 32.0 Å². The molecular formula is C14H14ClFN2O. The van der Waals surface area contributed by atoms with Crippen LogP contribution in [0.3, 0.4) is 0 Å². The minimum absolute atomic E-state index is 0.320. The van der Waals surface area contributed by atoms with Crippen molar-refractivity contribution in [3.05, 3.63) is 52.9 Å². The first-order chi connectivity index (χ1) is 8.88. The molecule has 100 valence electrons. The number of halogens is 2. The summed E-state index contributed by atoms with van der Waals surface area (Å²) in [6.45, 7) is 3.67. The van der Waals surface area contributed by atoms with Gasteiger partial charge in [-0.25, -0.2) is 9.37 Å². The fourth-order valence-corrected chi connectivity index (χ4v) is 2.14. The molecule has 5 heteroatoms. The Morgan fingerprint density at radius 2 is 2.00 bits per heavy atom. The van der Waals surface area contributed by atoms with Gasteiger partial charge in [0.05, 0.1) is 16.9 Å². The first-order valence-corrected chi connectivity index (χ1v) is 6.12. The van der Waals surface area contributed by atoms with Crippen molar-refractivity contribution in [1.29, 1.82) is 0 Å². The minimum Gasteiger partial charge on any atom is -0.467 e. The summed E-state index contributed by atoms with van der Waals surface area (Å²) in [4.78, 5) is 4.07. The van der Waals surface area contributed by atoms with Crippen LogP contribution >= 0.6 is 11.6 Å². The third-order valence-electron chi connectivity index (χ3n) is 2.70. The van der Waals surface area contributed by atoms with Gasteiger partial charge < -0.3 is 10.5 Å². The summed E-state index contributed by atoms with van der Waals surface area (Å²) in [5.74, 6) is 0.0507. The Morgan fingerprint density at radius 1 is 1.26 bits per heavy atom. The van der Waals surface area contributed by atoms with E-state index in [0.717, 1.165) is 0 Å². The zero-order valence-corrected chi connectivity index (χ0v) is 11.4. The average Bonchev–Trinajstić information content (AvgIpc) is 2.31. The van der Waals surface area contributed by atoms with Crippen molar-refractivity contribution in [3.8, 4) is 5.88 Å². The predicted octanol–water partition coefficient (Wildman–Crippen LogP) is 3.77. The highest BCUT2D eigenvalue weighted by Gasteiger charge is 2.26. The van der Waals surface area contributed by atoms with Crippen molar-refractivity contribution in [2.45, 2.75) is 19.4 Å². The van der Waals surface area contributed by atoms with Crippen LogP contribution in [0.1, 0.15) is 19.4 Å². The maximum atomic E-state index is 13.1. The molecule has 1 aromatic heterocycles. The number of nitrogens with zero attached hydrogens (tertiary/aromatic N) is 1. The molecule has 3 nitrogen and oxygen atoms in total. The molecule has 0 unspecified atom stereocenters. The average molecular weight is 281 g/mol. The normalized spacial score (nSPS) is 11.4. The van der Waals surface area contributed by atoms with Gasteiger partial charge in [0.1, 0.15) is 11.4 Å². The Bertz CT molecular complexity index is 584. The number of hydrogen-bond donors (Lipinski definition) is 1. The van der Waals surface area contributed by atoms with Gasteiger partial charge in [-0.3, -0.25) is 0 Å². The number of anilines is 1. The topological polar surface area (TPSA) is 48.1 Å². The lowest BCUT2D eigenvalue weighted by Crippen LogP contribution is -2.26. The van der Waals surface area contributed by atoms with E-state index in [0.29, 0.717) is 22.2 Å². The van der Waals surface area contributed by atoms with Gasteiger partial charge in [-0.2, -0.15) is 0 Å². The van der Waals surface area contributed by atoms with Crippen molar-refractivity contribution in [2.24, 2.45) is 0 Å². The van der Waals surface area contributed by atoms with Crippen molar-refractivity contribution < 1.29 is 9.13 Å². The van der Waals surface area contributed by atoms with Crippen LogP contribution in [0, 0.1) is 5.82 Å². The maximum Gasteiger partial charge on any atom is 0.214 e. The fraction of sp³-hybridized carbons (Fsp3) is 0.214. The summed E-state index contributed by atoms with van der Waals surface area (Å²) < 4.78 is 18.8. The largest absolute Gasteiger partial charge is 0.467 e. The number of aromatic nitrogens is 1. The Kier molecular flexibility index (Phi) is 3.62. The SMILES string of the molecule is CC(C)(Oc1ccc(N)cn1)c1ccc(F)cc1Cl. The molecule has 0 saturated carbocycles. The summed E-state index contributed by atoms with van der Waals surface area (Å²) in [5, 5.41) is 0.320. The zero-order chi connectivity index (χ0) is 14.0. The van der Waals surface area contributed by atoms with Crippen LogP contribution in [-0.4, -0.2) is 4.98 Å². The highest BCUT2D eigenvalue weighted by molar-refractivity contribution is 6.31. The van der Waals surface area contributed by atoms with Gasteiger partial charge in [0.2, 0.25) is 5.88 Å². The lowest BCUT2D eigenvalue weighted by atomic mass is 9.98. The lowest BCUT2D eigenvalue weighted by molar-refractivity contribution is 0.102. The molecule has 0 spiro atoms. The summed E-state index contributed by atoms with van der Waals surface area (Å²) in [6.07, 6.45) is 1.51. The first kappa shape index (κ1) is 13.6. The van der Waals surface area contributed by atoms with E-state index in [2.05, 4.69) is 4.98 Å². The molecule has 1 aromatic carbocycles. The molecule has 2 rings (SSSR count). The smallest absolute Gasteiger partial charge is 0.214 e. The molecule has 0 aliphatic heterocycles. The summed E-state index contributed by atoms with van der Waals surface area (Å²) in [5.41, 5.74) is 6.08. The highest BCUT2D eigenvalue weighted by atomic mass is 35.5. The van der Waals surface area contributed by atoms with E-state index in [1.807, 2.05) is 13.8 Å². The van der Waals surface area contributed by atoms with Gasteiger partial charge in [0.25, 0.3) is 0 Å². The fourth-order valence-electron chi connectivity index (χ4n) is 1.75. The Hall–Kier alpha value is -1.81. The van der Waals surface area contributed by atoms with E-state index in [4.69, 9.17) is 22.1 Å². The van der Waals surface area contributed by atoms with E-state index in [9.17, 15) is 4.39 Å². The van der Waals surface area contributed by atoms with Crippen LogP contribution in [0.25, 0.3) is 0 Å². The monoisotopic (exact) mass is 280 g/mol. The lowest BCUT2D eigenvalue weighted by Gasteiger charge is -2.27. The second kappa shape index (κ2) is 5.05. The molecule has 19 heavy (non-hydrogen) atoms. The van der Waals surface area contributed by atoms with Crippen molar-refractivity contribution in [3.63, 3.8) is 0 Å². The molecule has 0 aliphatic rings. The van der Waals surface area contributed by atoms with Crippen LogP contribution in [0.2, 0.25) is 5.02 Å². The Morgan fingerprint density at radius 3 is 2.58 bits per heavy atom. The number of nitrogens with two attached hydrogens (primary N) is 1. The number of hydrogen-bond acceptors (Lipinski definition) is 3. The van der Waals surface area contributed by atoms with Gasteiger partial charge >= 0.3 is 0 Å². The molecule has 0 aliphatic carbocycles. The van der Waals surface area contributed by atoms with E-state index in [-0.39, 0.29) is 5.82 Å². The van der Waals surface area contributed by atoms with Gasteiger partial charge in [0.15, 0.2) is 0 Å². The summed E-state index contributed by atoms with van der Waals surface area (Å²) in [7, 11) is 0. The van der Waals surface area contributed by atoms with Crippen molar-refractivity contribution in [2.75, 3.05) is 5.73 Å². The van der Waals surface area contributed by atoms with Gasteiger partial charge in [0, 0.05) is 11.6 Å². The number of pyridine rings is 1. The van der Waals surface area contributed by atoms with E-state index in [1.165, 1.54) is 18.3 Å². The van der Waals surface area contributed by atoms with Gasteiger partial charge in [-0.15, -0.1) is 0 Å². The highest BCUT2D eigenvalue weighted by Crippen LogP contribution is 2.32. The molecule has 0 amide bonds. The third-order valence-corrected chi connectivity index (χ3v) is 3.01. The van der Waals surface area contributed by atoms with Crippen LogP contribution in [0.15, 0.2) is 36.5 Å². The van der Waals surface area contributed by atoms with Crippen LogP contribution < -0.4 is 10.5 Å². The third kappa shape index (κ3) is 3.15. The molecule has 0 fully saturated rings. The number of nitrogen functional groups attached to an aromatic ring is 1. The standard InChI is InChI=1S/C14H14ClFN2O/c1-14(2,11-5-3-9(16)7-12(11)15)19-13-6-4-10(17)8-18-13/h3-8H,17H2,1-2H3. The molecule has 0 bridgehead atoms. The molecule has 0 atom stereocenters. The van der Waals surface area contributed by atoms with Crippen molar-refractivity contribution in [1.82, 2.24) is 4.98 Å². The Balaban J connectivity index is 2.29. The van der Waals surface area contributed by atoms with Crippen molar-refractivity contribution >= 4 is 17.3 Å². The molecule has 1 heterocycles. The maximum absolute atomic E-state index is 13.1. The second-order valence-corrected chi connectivity index (χ2v) is 5.07. The minimum atomic E-state index is -0.728.